The van der Waals surface area contributed by atoms with Gasteiger partial charge in [-0.05, 0) is 83.0 Å². The van der Waals surface area contributed by atoms with Crippen molar-refractivity contribution in [3.63, 3.8) is 0 Å². The molecule has 0 amide bonds. The second-order valence-corrected chi connectivity index (χ2v) is 11.4. The first-order valence-electron chi connectivity index (χ1n) is 14.5. The van der Waals surface area contributed by atoms with E-state index in [1.807, 2.05) is 0 Å². The standard InChI is InChI=1S/C39H33B/c1-26-16-19-29-10-4-7-13-34(29)37(26)32-22-24-33(25-23-32)40(38-27(2)17-20-30-11-5-8-14-35(30)38)39-28(3)18-21-31-12-6-9-15-36(31)39/h5-9,11-25H,4,10H2,1-3H3. The van der Waals surface area contributed by atoms with E-state index in [-0.39, 0.29) is 6.71 Å². The van der Waals surface area contributed by atoms with Crippen LogP contribution in [0.3, 0.4) is 0 Å². The van der Waals surface area contributed by atoms with Crippen molar-refractivity contribution in [3.05, 3.63) is 143 Å². The summed E-state index contributed by atoms with van der Waals surface area (Å²) in [4.78, 5) is 0. The second-order valence-electron chi connectivity index (χ2n) is 11.4. The molecule has 0 saturated carbocycles. The van der Waals surface area contributed by atoms with E-state index in [1.54, 1.807) is 0 Å². The molecule has 0 spiro atoms. The van der Waals surface area contributed by atoms with Crippen molar-refractivity contribution in [2.75, 3.05) is 0 Å². The molecule has 0 aliphatic heterocycles. The monoisotopic (exact) mass is 512 g/mol. The highest BCUT2D eigenvalue weighted by molar-refractivity contribution is 6.98. The Kier molecular flexibility index (Phi) is 6.16. The Balaban J connectivity index is 1.48. The van der Waals surface area contributed by atoms with Gasteiger partial charge in [0.2, 0.25) is 6.71 Å². The maximum atomic E-state index is 2.38. The molecule has 0 N–H and O–H groups in total. The van der Waals surface area contributed by atoms with Gasteiger partial charge in [-0.2, -0.15) is 0 Å². The van der Waals surface area contributed by atoms with Crippen molar-refractivity contribution in [1.29, 1.82) is 0 Å². The summed E-state index contributed by atoms with van der Waals surface area (Å²) in [5.41, 5.74) is 13.7. The number of rotatable bonds is 4. The van der Waals surface area contributed by atoms with Gasteiger partial charge in [0, 0.05) is 0 Å². The second kappa shape index (κ2) is 9.99. The first-order chi connectivity index (χ1) is 19.6. The highest BCUT2D eigenvalue weighted by Gasteiger charge is 2.28. The molecule has 0 radical (unpaired) electrons. The normalized spacial score (nSPS) is 12.6. The third kappa shape index (κ3) is 4.09. The van der Waals surface area contributed by atoms with Gasteiger partial charge in [-0.1, -0.05) is 149 Å². The number of hydrogen-bond acceptors (Lipinski definition) is 0. The van der Waals surface area contributed by atoms with Crippen LogP contribution in [-0.4, -0.2) is 6.71 Å². The van der Waals surface area contributed by atoms with Crippen molar-refractivity contribution in [1.82, 2.24) is 0 Å². The Hall–Kier alpha value is -4.36. The summed E-state index contributed by atoms with van der Waals surface area (Å²) in [7, 11) is 0. The van der Waals surface area contributed by atoms with E-state index in [0.717, 1.165) is 12.8 Å². The SMILES string of the molecule is Cc1ccc2c(c1-c1ccc(B(c3c(C)ccc4ccccc34)c3c(C)ccc4ccccc34)cc1)C=CCC2. The van der Waals surface area contributed by atoms with Gasteiger partial charge in [0.25, 0.3) is 0 Å². The van der Waals surface area contributed by atoms with Crippen LogP contribution < -0.4 is 16.4 Å². The molecular weight excluding hydrogens is 479 g/mol. The summed E-state index contributed by atoms with van der Waals surface area (Å²) in [6.07, 6.45) is 6.91. The fraction of sp³-hybridized carbons (Fsp3) is 0.128. The highest BCUT2D eigenvalue weighted by atomic mass is 14.2. The van der Waals surface area contributed by atoms with E-state index in [9.17, 15) is 0 Å². The van der Waals surface area contributed by atoms with Crippen molar-refractivity contribution < 1.29 is 0 Å². The third-order valence-electron chi connectivity index (χ3n) is 8.90. The lowest BCUT2D eigenvalue weighted by Gasteiger charge is -2.24. The van der Waals surface area contributed by atoms with E-state index < -0.39 is 0 Å². The summed E-state index contributed by atoms with van der Waals surface area (Å²) in [5, 5.41) is 5.26. The number of hydrogen-bond donors (Lipinski definition) is 0. The predicted octanol–water partition coefficient (Wildman–Crippen LogP) is 8.06. The molecule has 1 aliphatic rings. The van der Waals surface area contributed by atoms with Crippen molar-refractivity contribution in [3.8, 4) is 11.1 Å². The average molecular weight is 513 g/mol. The van der Waals surface area contributed by atoms with Crippen LogP contribution in [-0.2, 0) is 6.42 Å². The molecule has 0 atom stereocenters. The van der Waals surface area contributed by atoms with E-state index in [0.29, 0.717) is 0 Å². The van der Waals surface area contributed by atoms with Crippen molar-refractivity contribution >= 4 is 50.7 Å². The lowest BCUT2D eigenvalue weighted by atomic mass is 9.34. The number of aryl methyl sites for hydroxylation is 4. The largest absolute Gasteiger partial charge is 0.243 e. The van der Waals surface area contributed by atoms with Crippen molar-refractivity contribution in [2.24, 2.45) is 0 Å². The quantitative estimate of drug-likeness (QED) is 0.210. The smallest absolute Gasteiger partial charge is 0.0836 e. The summed E-state index contributed by atoms with van der Waals surface area (Å²) in [5.74, 6) is 0. The fourth-order valence-electron chi connectivity index (χ4n) is 6.90. The van der Waals surface area contributed by atoms with Gasteiger partial charge in [0.15, 0.2) is 0 Å². The molecule has 6 aromatic carbocycles. The van der Waals surface area contributed by atoms with Gasteiger partial charge in [0.1, 0.15) is 0 Å². The molecule has 0 bridgehead atoms. The first kappa shape index (κ1) is 24.7. The molecule has 6 aromatic rings. The Morgan fingerprint density at radius 3 is 1.75 bits per heavy atom. The van der Waals surface area contributed by atoms with Crippen LogP contribution in [0, 0.1) is 20.8 Å². The minimum absolute atomic E-state index is 0.122. The maximum absolute atomic E-state index is 2.38. The third-order valence-corrected chi connectivity index (χ3v) is 8.90. The van der Waals surface area contributed by atoms with Gasteiger partial charge in [-0.3, -0.25) is 0 Å². The Labute approximate surface area is 238 Å². The number of fused-ring (bicyclic) bond motifs is 3. The Morgan fingerprint density at radius 1 is 0.550 bits per heavy atom. The summed E-state index contributed by atoms with van der Waals surface area (Å²) < 4.78 is 0. The molecule has 0 aromatic heterocycles. The zero-order valence-electron chi connectivity index (χ0n) is 23.5. The molecule has 0 unspecified atom stereocenters. The lowest BCUT2D eigenvalue weighted by molar-refractivity contribution is 0.985. The topological polar surface area (TPSA) is 0 Å². The zero-order chi connectivity index (χ0) is 27.2. The summed E-state index contributed by atoms with van der Waals surface area (Å²) in [6, 6.07) is 40.9. The molecule has 40 heavy (non-hydrogen) atoms. The van der Waals surface area contributed by atoms with Crippen LogP contribution in [0.2, 0.25) is 0 Å². The minimum atomic E-state index is 0.122. The number of benzene rings is 6. The molecule has 7 rings (SSSR count). The summed E-state index contributed by atoms with van der Waals surface area (Å²) in [6.45, 7) is 6.91. The van der Waals surface area contributed by atoms with Crippen LogP contribution >= 0.6 is 0 Å². The minimum Gasteiger partial charge on any atom is -0.0836 e. The molecule has 0 saturated heterocycles. The van der Waals surface area contributed by atoms with Crippen LogP contribution in [0.5, 0.6) is 0 Å². The molecule has 0 nitrogen and oxygen atoms in total. The Morgan fingerprint density at radius 2 is 1.12 bits per heavy atom. The van der Waals surface area contributed by atoms with E-state index in [1.165, 1.54) is 76.9 Å². The van der Waals surface area contributed by atoms with Crippen LogP contribution in [0.15, 0.2) is 115 Å². The zero-order valence-corrected chi connectivity index (χ0v) is 23.5. The highest BCUT2D eigenvalue weighted by Crippen LogP contribution is 2.33. The van der Waals surface area contributed by atoms with Crippen LogP contribution in [0.1, 0.15) is 34.2 Å². The van der Waals surface area contributed by atoms with Gasteiger partial charge in [-0.15, -0.1) is 0 Å². The van der Waals surface area contributed by atoms with Crippen LogP contribution in [0.4, 0.5) is 0 Å². The molecular formula is C39H33B. The maximum Gasteiger partial charge on any atom is 0.243 e. The van der Waals surface area contributed by atoms with E-state index >= 15 is 0 Å². The van der Waals surface area contributed by atoms with Gasteiger partial charge >= 0.3 is 0 Å². The average Bonchev–Trinajstić information content (AvgIpc) is 2.99. The van der Waals surface area contributed by atoms with Crippen LogP contribution in [0.25, 0.3) is 38.7 Å². The molecule has 0 fully saturated rings. The summed E-state index contributed by atoms with van der Waals surface area (Å²) >= 11 is 0. The predicted molar refractivity (Wildman–Crippen MR) is 176 cm³/mol. The van der Waals surface area contributed by atoms with Gasteiger partial charge in [-0.25, -0.2) is 0 Å². The molecule has 1 aliphatic carbocycles. The molecule has 1 heteroatoms. The van der Waals surface area contributed by atoms with Crippen molar-refractivity contribution in [2.45, 2.75) is 33.6 Å². The lowest BCUT2D eigenvalue weighted by Crippen LogP contribution is -2.54. The van der Waals surface area contributed by atoms with Gasteiger partial charge < -0.3 is 0 Å². The van der Waals surface area contributed by atoms with Gasteiger partial charge in [0.05, 0.1) is 0 Å². The molecule has 192 valence electrons. The number of allylic oxidation sites excluding steroid dienone is 1. The van der Waals surface area contributed by atoms with E-state index in [4.69, 9.17) is 0 Å². The molecule has 0 heterocycles. The Bertz CT molecular complexity index is 1840. The first-order valence-corrected chi connectivity index (χ1v) is 14.5. The fourth-order valence-corrected chi connectivity index (χ4v) is 6.90. The van der Waals surface area contributed by atoms with E-state index in [2.05, 4.69) is 142 Å².